The number of nitrogens with one attached hydrogen (secondary N) is 1. The third kappa shape index (κ3) is 4.10. The first-order valence-corrected chi connectivity index (χ1v) is 9.72. The smallest absolute Gasteiger partial charge is 0.142 e. The number of thiophene rings is 1. The van der Waals surface area contributed by atoms with Gasteiger partial charge in [-0.15, -0.1) is 11.3 Å². The van der Waals surface area contributed by atoms with Gasteiger partial charge < -0.3 is 5.32 Å². The van der Waals surface area contributed by atoms with Gasteiger partial charge in [-0.05, 0) is 38.5 Å². The minimum atomic E-state index is 0.892. The lowest BCUT2D eigenvalue weighted by Gasteiger charge is -2.08. The maximum absolute atomic E-state index is 4.76. The summed E-state index contributed by atoms with van der Waals surface area (Å²) in [6, 6.07) is 0. The van der Waals surface area contributed by atoms with Crippen molar-refractivity contribution in [2.75, 3.05) is 17.6 Å². The lowest BCUT2D eigenvalue weighted by molar-refractivity contribution is 0.778. The molecule has 3 nitrogen and oxygen atoms in total. The van der Waals surface area contributed by atoms with Gasteiger partial charge in [0, 0.05) is 11.4 Å². The van der Waals surface area contributed by atoms with E-state index in [2.05, 4.69) is 33.0 Å². The summed E-state index contributed by atoms with van der Waals surface area (Å²) in [6.07, 6.45) is 3.89. The quantitative estimate of drug-likeness (QED) is 0.681. The normalized spacial score (nSPS) is 11.2. The van der Waals surface area contributed by atoms with Crippen molar-refractivity contribution in [3.8, 4) is 0 Å². The third-order valence-electron chi connectivity index (χ3n) is 3.54. The van der Waals surface area contributed by atoms with E-state index in [-0.39, 0.29) is 0 Å². The molecule has 2 heterocycles. The molecule has 0 saturated carbocycles. The predicted octanol–water partition coefficient (Wildman–Crippen LogP) is 5.16. The van der Waals surface area contributed by atoms with Crippen LogP contribution in [0.4, 0.5) is 5.82 Å². The highest BCUT2D eigenvalue weighted by atomic mass is 32.2. The zero-order valence-corrected chi connectivity index (χ0v) is 15.1. The van der Waals surface area contributed by atoms with Crippen LogP contribution in [0.2, 0.25) is 0 Å². The highest BCUT2D eigenvalue weighted by molar-refractivity contribution is 7.98. The second-order valence-corrected chi connectivity index (χ2v) is 7.55. The Hall–Kier alpha value is -0.810. The van der Waals surface area contributed by atoms with Crippen LogP contribution >= 0.6 is 23.1 Å². The van der Waals surface area contributed by atoms with Crippen LogP contribution in [0, 0.1) is 13.8 Å². The third-order valence-corrected chi connectivity index (χ3v) is 5.68. The first-order chi connectivity index (χ1) is 10.2. The molecule has 0 aliphatic carbocycles. The molecule has 21 heavy (non-hydrogen) atoms. The first kappa shape index (κ1) is 16.6. The van der Waals surface area contributed by atoms with Crippen LogP contribution in [0.1, 0.15) is 49.4 Å². The average Bonchev–Trinajstić information content (AvgIpc) is 2.74. The lowest BCUT2D eigenvalue weighted by atomic mass is 10.2. The molecule has 0 bridgehead atoms. The monoisotopic (exact) mass is 323 g/mol. The molecule has 0 radical (unpaired) electrons. The van der Waals surface area contributed by atoms with Crippen molar-refractivity contribution in [3.05, 3.63) is 16.3 Å². The molecule has 0 aliphatic rings. The fourth-order valence-corrected chi connectivity index (χ4v) is 4.18. The number of aromatic nitrogens is 2. The largest absolute Gasteiger partial charge is 0.370 e. The molecular formula is C16H25N3S2. The topological polar surface area (TPSA) is 37.8 Å². The Morgan fingerprint density at radius 2 is 1.95 bits per heavy atom. The second-order valence-electron chi connectivity index (χ2n) is 5.24. The van der Waals surface area contributed by atoms with Crippen LogP contribution in [0.3, 0.4) is 0 Å². The fourth-order valence-electron chi connectivity index (χ4n) is 2.27. The van der Waals surface area contributed by atoms with Crippen LogP contribution in [0.5, 0.6) is 0 Å². The van der Waals surface area contributed by atoms with Crippen molar-refractivity contribution < 1.29 is 0 Å². The molecular weight excluding hydrogens is 298 g/mol. The van der Waals surface area contributed by atoms with E-state index in [4.69, 9.17) is 9.97 Å². The van der Waals surface area contributed by atoms with Crippen molar-refractivity contribution in [3.63, 3.8) is 0 Å². The van der Waals surface area contributed by atoms with Gasteiger partial charge in [0.05, 0.1) is 11.1 Å². The van der Waals surface area contributed by atoms with Gasteiger partial charge in [-0.2, -0.15) is 11.8 Å². The maximum atomic E-state index is 4.76. The molecule has 2 aromatic heterocycles. The van der Waals surface area contributed by atoms with Gasteiger partial charge >= 0.3 is 0 Å². The van der Waals surface area contributed by atoms with Crippen LogP contribution in [0.15, 0.2) is 0 Å². The molecule has 2 aromatic rings. The molecule has 0 atom stereocenters. The van der Waals surface area contributed by atoms with Crippen LogP contribution in [0.25, 0.3) is 10.2 Å². The van der Waals surface area contributed by atoms with Crippen LogP contribution in [-0.4, -0.2) is 22.3 Å². The van der Waals surface area contributed by atoms with Crippen molar-refractivity contribution >= 4 is 39.1 Å². The Kier molecular flexibility index (Phi) is 6.30. The summed E-state index contributed by atoms with van der Waals surface area (Å²) in [7, 11) is 0. The molecule has 1 N–H and O–H groups in total. The van der Waals surface area contributed by atoms with E-state index in [1.54, 1.807) is 11.3 Å². The van der Waals surface area contributed by atoms with E-state index in [0.29, 0.717) is 0 Å². The number of thioether (sulfide) groups is 1. The molecule has 0 amide bonds. The fraction of sp³-hybridized carbons (Fsp3) is 0.625. The highest BCUT2D eigenvalue weighted by Gasteiger charge is 2.14. The van der Waals surface area contributed by atoms with Crippen molar-refractivity contribution in [2.45, 2.75) is 52.7 Å². The Labute approximate surface area is 136 Å². The minimum absolute atomic E-state index is 0.892. The van der Waals surface area contributed by atoms with Gasteiger partial charge in [0.25, 0.3) is 0 Å². The molecule has 0 aliphatic heterocycles. The van der Waals surface area contributed by atoms with Crippen molar-refractivity contribution in [2.24, 2.45) is 0 Å². The van der Waals surface area contributed by atoms with Crippen molar-refractivity contribution in [1.29, 1.82) is 0 Å². The summed E-state index contributed by atoms with van der Waals surface area (Å²) in [5.41, 5.74) is 1.31. The minimum Gasteiger partial charge on any atom is -0.370 e. The summed E-state index contributed by atoms with van der Waals surface area (Å²) in [5, 5.41) is 4.61. The lowest BCUT2D eigenvalue weighted by Crippen LogP contribution is -2.04. The standard InChI is InChI=1S/C16H25N3S2/c1-5-7-8-9-20-10-13-18-15(17-6-2)14-11(3)12(4)21-16(14)19-13/h5-10H2,1-4H3,(H,17,18,19). The van der Waals surface area contributed by atoms with E-state index in [1.807, 2.05) is 11.8 Å². The number of nitrogens with zero attached hydrogens (tertiary/aromatic N) is 2. The number of anilines is 1. The van der Waals surface area contributed by atoms with Crippen molar-refractivity contribution in [1.82, 2.24) is 9.97 Å². The van der Waals surface area contributed by atoms with Gasteiger partial charge in [0.15, 0.2) is 0 Å². The number of fused-ring (bicyclic) bond motifs is 1. The number of aryl methyl sites for hydroxylation is 2. The molecule has 2 rings (SSSR count). The zero-order valence-electron chi connectivity index (χ0n) is 13.5. The van der Waals surface area contributed by atoms with E-state index in [9.17, 15) is 0 Å². The molecule has 0 unspecified atom stereocenters. The Morgan fingerprint density at radius 3 is 2.67 bits per heavy atom. The van der Waals surface area contributed by atoms with Gasteiger partial charge in [0.2, 0.25) is 0 Å². The zero-order chi connectivity index (χ0) is 15.2. The molecule has 0 fully saturated rings. The number of rotatable bonds is 8. The Morgan fingerprint density at radius 1 is 1.14 bits per heavy atom. The van der Waals surface area contributed by atoms with Crippen LogP contribution in [-0.2, 0) is 5.75 Å². The summed E-state index contributed by atoms with van der Waals surface area (Å²) >= 11 is 3.72. The number of unbranched alkanes of at least 4 members (excludes halogenated alkanes) is 2. The first-order valence-electron chi connectivity index (χ1n) is 7.75. The van der Waals surface area contributed by atoms with Gasteiger partial charge in [-0.1, -0.05) is 19.8 Å². The predicted molar refractivity (Wildman–Crippen MR) is 96.7 cm³/mol. The Bertz CT molecular complexity index is 593. The number of hydrogen-bond acceptors (Lipinski definition) is 5. The SMILES string of the molecule is CCCCCSCc1nc(NCC)c2c(C)c(C)sc2n1. The van der Waals surface area contributed by atoms with Crippen LogP contribution < -0.4 is 5.32 Å². The highest BCUT2D eigenvalue weighted by Crippen LogP contribution is 2.33. The summed E-state index contributed by atoms with van der Waals surface area (Å²) in [5.74, 6) is 4.08. The molecule has 0 spiro atoms. The summed E-state index contributed by atoms with van der Waals surface area (Å²) in [4.78, 5) is 12.0. The van der Waals surface area contributed by atoms with Gasteiger partial charge in [0.1, 0.15) is 16.5 Å². The Balaban J connectivity index is 2.17. The van der Waals surface area contributed by atoms with Gasteiger partial charge in [-0.25, -0.2) is 9.97 Å². The molecule has 116 valence electrons. The van der Waals surface area contributed by atoms with Gasteiger partial charge in [-0.3, -0.25) is 0 Å². The van der Waals surface area contributed by atoms with E-state index >= 15 is 0 Å². The molecule has 0 saturated heterocycles. The van der Waals surface area contributed by atoms with E-state index in [1.165, 1.54) is 40.8 Å². The molecule has 0 aromatic carbocycles. The summed E-state index contributed by atoms with van der Waals surface area (Å²) < 4.78 is 0. The maximum Gasteiger partial charge on any atom is 0.142 e. The molecule has 5 heteroatoms. The summed E-state index contributed by atoms with van der Waals surface area (Å²) in [6.45, 7) is 9.57. The number of hydrogen-bond donors (Lipinski definition) is 1. The van der Waals surface area contributed by atoms with E-state index < -0.39 is 0 Å². The van der Waals surface area contributed by atoms with E-state index in [0.717, 1.165) is 28.8 Å². The second kappa shape index (κ2) is 7.99. The average molecular weight is 324 g/mol.